The molecule has 0 fully saturated rings. The van der Waals surface area contributed by atoms with Gasteiger partial charge in [-0.15, -0.1) is 0 Å². The van der Waals surface area contributed by atoms with E-state index >= 15 is 0 Å². The zero-order valence-corrected chi connectivity index (χ0v) is 16.6. The minimum absolute atomic E-state index is 0.280. The normalized spacial score (nSPS) is 15.3. The maximum Gasteiger partial charge on any atom is 0.260 e. The lowest BCUT2D eigenvalue weighted by molar-refractivity contribution is 0.102. The molecule has 3 aromatic rings. The van der Waals surface area contributed by atoms with Gasteiger partial charge in [0.1, 0.15) is 11.6 Å². The number of carbonyl (C=O) groups excluding carboxylic acids is 1. The number of amides is 1. The predicted octanol–water partition coefficient (Wildman–Crippen LogP) is 3.59. The van der Waals surface area contributed by atoms with Crippen LogP contribution in [-0.4, -0.2) is 26.5 Å². The lowest BCUT2D eigenvalue weighted by atomic mass is 10.2. The summed E-state index contributed by atoms with van der Waals surface area (Å²) in [4.78, 5) is 13.0. The van der Waals surface area contributed by atoms with Crippen LogP contribution in [0.1, 0.15) is 34.1 Å². The minimum Gasteiger partial charge on any atom is -0.493 e. The second kappa shape index (κ2) is 7.59. The third kappa shape index (κ3) is 3.45. The Morgan fingerprint density at radius 1 is 1.18 bits per heavy atom. The molecule has 0 saturated heterocycles. The highest BCUT2D eigenvalue weighted by Gasteiger charge is 2.29. The van der Waals surface area contributed by atoms with Gasteiger partial charge >= 0.3 is 0 Å². The summed E-state index contributed by atoms with van der Waals surface area (Å²) in [5, 5.41) is 7.61. The molecule has 0 radical (unpaired) electrons. The Morgan fingerprint density at radius 3 is 2.68 bits per heavy atom. The monoisotopic (exact) mass is 395 g/mol. The molecule has 4 rings (SSSR count). The Kier molecular flexibility index (Phi) is 5.00. The van der Waals surface area contributed by atoms with Gasteiger partial charge in [-0.2, -0.15) is 5.10 Å². The van der Waals surface area contributed by atoms with E-state index < -0.39 is 10.8 Å². The minimum atomic E-state index is -0.985. The average molecular weight is 395 g/mol. The number of nitrogens with one attached hydrogen (secondary N) is 1. The summed E-state index contributed by atoms with van der Waals surface area (Å²) in [7, 11) is -0.985. The number of aryl methyl sites for hydroxylation is 1. The van der Waals surface area contributed by atoms with Crippen molar-refractivity contribution in [1.29, 1.82) is 0 Å². The van der Waals surface area contributed by atoms with E-state index in [0.29, 0.717) is 35.2 Å². The molecule has 1 aliphatic rings. The van der Waals surface area contributed by atoms with Gasteiger partial charge in [0.2, 0.25) is 0 Å². The number of hydrogen-bond donors (Lipinski definition) is 1. The van der Waals surface area contributed by atoms with Crippen molar-refractivity contribution in [3.63, 3.8) is 0 Å². The van der Waals surface area contributed by atoms with Crippen molar-refractivity contribution in [3.8, 4) is 11.4 Å². The zero-order valence-electron chi connectivity index (χ0n) is 15.8. The predicted molar refractivity (Wildman–Crippen MR) is 109 cm³/mol. The van der Waals surface area contributed by atoms with E-state index in [1.54, 1.807) is 22.9 Å². The first kappa shape index (κ1) is 18.4. The molecule has 1 unspecified atom stereocenters. The van der Waals surface area contributed by atoms with E-state index in [4.69, 9.17) is 4.74 Å². The number of ether oxygens (including phenoxy) is 1. The topological polar surface area (TPSA) is 73.2 Å². The molecule has 7 heteroatoms. The number of hydrogen-bond acceptors (Lipinski definition) is 4. The van der Waals surface area contributed by atoms with Crippen LogP contribution in [0.15, 0.2) is 48.5 Å². The van der Waals surface area contributed by atoms with E-state index in [-0.39, 0.29) is 5.91 Å². The van der Waals surface area contributed by atoms with E-state index in [0.717, 1.165) is 22.5 Å². The molecule has 1 atom stereocenters. The summed E-state index contributed by atoms with van der Waals surface area (Å²) in [5.74, 6) is 1.62. The van der Waals surface area contributed by atoms with Crippen LogP contribution in [-0.2, 0) is 22.3 Å². The Balaban J connectivity index is 1.74. The van der Waals surface area contributed by atoms with Crippen molar-refractivity contribution in [1.82, 2.24) is 9.78 Å². The van der Waals surface area contributed by atoms with Gasteiger partial charge in [0.05, 0.1) is 35.1 Å². The highest BCUT2D eigenvalue weighted by atomic mass is 32.2. The quantitative estimate of drug-likeness (QED) is 0.716. The number of aromatic nitrogens is 2. The maximum atomic E-state index is 13.0. The van der Waals surface area contributed by atoms with Crippen LogP contribution in [0.3, 0.4) is 0 Å². The molecule has 2 aromatic carbocycles. The molecule has 1 amide bonds. The number of benzene rings is 2. The molecule has 6 nitrogen and oxygen atoms in total. The van der Waals surface area contributed by atoms with Crippen molar-refractivity contribution >= 4 is 22.5 Å². The van der Waals surface area contributed by atoms with Gasteiger partial charge in [0.15, 0.2) is 0 Å². The number of rotatable bonds is 5. The fourth-order valence-corrected chi connectivity index (χ4v) is 4.50. The molecule has 2 heterocycles. The Hall–Kier alpha value is -2.93. The number of fused-ring (bicyclic) bond motifs is 1. The van der Waals surface area contributed by atoms with Crippen LogP contribution in [0.4, 0.5) is 5.82 Å². The molecule has 0 saturated carbocycles. The van der Waals surface area contributed by atoms with Crippen LogP contribution in [0, 0.1) is 6.92 Å². The van der Waals surface area contributed by atoms with Crippen LogP contribution in [0.25, 0.3) is 5.69 Å². The van der Waals surface area contributed by atoms with Crippen LogP contribution in [0.5, 0.6) is 5.75 Å². The first-order chi connectivity index (χ1) is 13.6. The van der Waals surface area contributed by atoms with Gasteiger partial charge in [-0.3, -0.25) is 9.00 Å². The SMILES string of the molecule is CCOc1ccccc1C(=O)Nc1c2c(nn1-c1ccc(C)cc1)CS(=O)C2. The van der Waals surface area contributed by atoms with Gasteiger partial charge in [-0.1, -0.05) is 29.8 Å². The second-order valence-electron chi connectivity index (χ2n) is 6.63. The van der Waals surface area contributed by atoms with Gasteiger partial charge < -0.3 is 10.1 Å². The van der Waals surface area contributed by atoms with E-state index in [1.165, 1.54) is 0 Å². The third-order valence-corrected chi connectivity index (χ3v) is 5.82. The Morgan fingerprint density at radius 2 is 1.93 bits per heavy atom. The standard InChI is InChI=1S/C21H21N3O3S/c1-3-27-19-7-5-4-6-16(19)21(25)22-20-17-12-28(26)13-18(17)23-24(20)15-10-8-14(2)9-11-15/h4-11H,3,12-13H2,1-2H3,(H,22,25). The third-order valence-electron chi connectivity index (χ3n) is 4.61. The summed E-state index contributed by atoms with van der Waals surface area (Å²) in [6.07, 6.45) is 0. The van der Waals surface area contributed by atoms with Crippen LogP contribution < -0.4 is 10.1 Å². The Labute approximate surface area is 166 Å². The average Bonchev–Trinajstić information content (AvgIpc) is 3.20. The van der Waals surface area contributed by atoms with Gasteiger partial charge in [-0.25, -0.2) is 4.68 Å². The van der Waals surface area contributed by atoms with Crippen molar-refractivity contribution in [2.24, 2.45) is 0 Å². The number of nitrogens with zero attached hydrogens (tertiary/aromatic N) is 2. The summed E-state index contributed by atoms with van der Waals surface area (Å²) in [6, 6.07) is 15.0. The lowest BCUT2D eigenvalue weighted by Crippen LogP contribution is -2.17. The molecule has 144 valence electrons. The highest BCUT2D eigenvalue weighted by Crippen LogP contribution is 2.32. The smallest absolute Gasteiger partial charge is 0.260 e. The fraction of sp³-hybridized carbons (Fsp3) is 0.238. The fourth-order valence-electron chi connectivity index (χ4n) is 3.24. The summed E-state index contributed by atoms with van der Waals surface area (Å²) < 4.78 is 19.3. The van der Waals surface area contributed by atoms with Crippen molar-refractivity contribution in [2.45, 2.75) is 25.4 Å². The van der Waals surface area contributed by atoms with Crippen LogP contribution >= 0.6 is 0 Å². The van der Waals surface area contributed by atoms with E-state index in [1.807, 2.05) is 44.2 Å². The zero-order chi connectivity index (χ0) is 19.7. The van der Waals surface area contributed by atoms with E-state index in [2.05, 4.69) is 10.4 Å². The molecule has 28 heavy (non-hydrogen) atoms. The molecule has 1 aromatic heterocycles. The van der Waals surface area contributed by atoms with Gasteiger partial charge in [-0.05, 0) is 38.1 Å². The molecular formula is C21H21N3O3S. The summed E-state index contributed by atoms with van der Waals surface area (Å²) >= 11 is 0. The molecule has 1 N–H and O–H groups in total. The van der Waals surface area contributed by atoms with Gasteiger partial charge in [0.25, 0.3) is 5.91 Å². The largest absolute Gasteiger partial charge is 0.493 e. The number of carbonyl (C=O) groups is 1. The first-order valence-corrected chi connectivity index (χ1v) is 10.6. The molecule has 0 aliphatic carbocycles. The lowest BCUT2D eigenvalue weighted by Gasteiger charge is -2.13. The molecule has 0 bridgehead atoms. The summed E-state index contributed by atoms with van der Waals surface area (Å²) in [5.41, 5.74) is 4.04. The van der Waals surface area contributed by atoms with E-state index in [9.17, 15) is 9.00 Å². The van der Waals surface area contributed by atoms with Crippen molar-refractivity contribution in [3.05, 3.63) is 70.9 Å². The Bertz CT molecular complexity index is 1060. The molecule has 0 spiro atoms. The van der Waals surface area contributed by atoms with Crippen molar-refractivity contribution < 1.29 is 13.7 Å². The maximum absolute atomic E-state index is 13.0. The second-order valence-corrected chi connectivity index (χ2v) is 8.09. The highest BCUT2D eigenvalue weighted by molar-refractivity contribution is 7.83. The summed E-state index contributed by atoms with van der Waals surface area (Å²) in [6.45, 7) is 4.37. The van der Waals surface area contributed by atoms with Crippen LogP contribution in [0.2, 0.25) is 0 Å². The number of anilines is 1. The number of para-hydroxylation sites is 1. The first-order valence-electron chi connectivity index (χ1n) is 9.12. The molecular weight excluding hydrogens is 374 g/mol. The van der Waals surface area contributed by atoms with Crippen molar-refractivity contribution in [2.75, 3.05) is 11.9 Å². The molecule has 1 aliphatic heterocycles. The van der Waals surface area contributed by atoms with Gasteiger partial charge in [0, 0.05) is 16.4 Å².